The predicted octanol–water partition coefficient (Wildman–Crippen LogP) is 3.98. The summed E-state index contributed by atoms with van der Waals surface area (Å²) in [5, 5.41) is 6.96. The normalized spacial score (nSPS) is 14.1. The van der Waals surface area contributed by atoms with Gasteiger partial charge in [0.1, 0.15) is 5.01 Å². The largest absolute Gasteiger partial charge is 0.383 e. The zero-order chi connectivity index (χ0) is 14.5. The summed E-state index contributed by atoms with van der Waals surface area (Å²) < 4.78 is 5.12. The number of hydrogen-bond donors (Lipinski definition) is 1. The van der Waals surface area contributed by atoms with E-state index < -0.39 is 0 Å². The van der Waals surface area contributed by atoms with E-state index in [-0.39, 0.29) is 5.41 Å². The van der Waals surface area contributed by atoms with Crippen LogP contribution in [0.5, 0.6) is 0 Å². The first-order valence-corrected chi connectivity index (χ1v) is 7.89. The maximum absolute atomic E-state index is 5.12. The van der Waals surface area contributed by atoms with E-state index in [1.807, 2.05) is 0 Å². The van der Waals surface area contributed by atoms with Crippen LogP contribution in [-0.4, -0.2) is 25.2 Å². The van der Waals surface area contributed by atoms with Crippen LogP contribution in [0.2, 0.25) is 0 Å². The molecule has 19 heavy (non-hydrogen) atoms. The number of nitrogens with one attached hydrogen (secondary N) is 1. The van der Waals surface area contributed by atoms with Gasteiger partial charge in [-0.3, -0.25) is 0 Å². The topological polar surface area (TPSA) is 34.1 Å². The van der Waals surface area contributed by atoms with Gasteiger partial charge in [0, 0.05) is 19.0 Å². The standard InChI is InChI=1S/C15H28N2OS/c1-11(2)13-10-19-14(17-13)12(9-15(3,4)5)16-7-8-18-6/h10-12,16H,7-9H2,1-6H3. The molecule has 0 amide bonds. The van der Waals surface area contributed by atoms with Crippen molar-refractivity contribution in [1.29, 1.82) is 0 Å². The lowest BCUT2D eigenvalue weighted by Gasteiger charge is -2.25. The number of hydrogen-bond acceptors (Lipinski definition) is 4. The van der Waals surface area contributed by atoms with Crippen LogP contribution in [0, 0.1) is 5.41 Å². The molecule has 0 spiro atoms. The van der Waals surface area contributed by atoms with Crippen molar-refractivity contribution in [3.05, 3.63) is 16.1 Å². The first-order valence-electron chi connectivity index (χ1n) is 7.01. The molecule has 0 bridgehead atoms. The highest BCUT2D eigenvalue weighted by Crippen LogP contribution is 2.32. The molecule has 0 aromatic carbocycles. The van der Waals surface area contributed by atoms with Crippen LogP contribution in [0.3, 0.4) is 0 Å². The van der Waals surface area contributed by atoms with Crippen LogP contribution in [0.15, 0.2) is 5.38 Å². The molecule has 1 heterocycles. The summed E-state index contributed by atoms with van der Waals surface area (Å²) in [4.78, 5) is 4.79. The zero-order valence-electron chi connectivity index (χ0n) is 13.1. The van der Waals surface area contributed by atoms with Gasteiger partial charge in [-0.15, -0.1) is 11.3 Å². The first kappa shape index (κ1) is 16.6. The van der Waals surface area contributed by atoms with Gasteiger partial charge in [0.15, 0.2) is 0 Å². The lowest BCUT2D eigenvalue weighted by Crippen LogP contribution is -2.28. The Morgan fingerprint density at radius 3 is 2.53 bits per heavy atom. The van der Waals surface area contributed by atoms with Crippen molar-refractivity contribution in [3.8, 4) is 0 Å². The molecule has 1 aromatic rings. The smallest absolute Gasteiger partial charge is 0.110 e. The average Bonchev–Trinajstić information content (AvgIpc) is 2.75. The fraction of sp³-hybridized carbons (Fsp3) is 0.800. The lowest BCUT2D eigenvalue weighted by molar-refractivity contribution is 0.190. The summed E-state index contributed by atoms with van der Waals surface area (Å²) in [7, 11) is 1.74. The molecule has 0 radical (unpaired) electrons. The van der Waals surface area contributed by atoms with Gasteiger partial charge in [-0.2, -0.15) is 0 Å². The van der Waals surface area contributed by atoms with Crippen molar-refractivity contribution >= 4 is 11.3 Å². The Morgan fingerprint density at radius 2 is 2.05 bits per heavy atom. The molecular weight excluding hydrogens is 256 g/mol. The quantitative estimate of drug-likeness (QED) is 0.769. The van der Waals surface area contributed by atoms with E-state index in [4.69, 9.17) is 9.72 Å². The molecule has 0 fully saturated rings. The molecule has 0 aliphatic rings. The van der Waals surface area contributed by atoms with Crippen molar-refractivity contribution in [2.75, 3.05) is 20.3 Å². The Labute approximate surface area is 121 Å². The fourth-order valence-corrected chi connectivity index (χ4v) is 2.98. The molecule has 0 saturated carbocycles. The van der Waals surface area contributed by atoms with Crippen LogP contribution in [0.1, 0.15) is 63.7 Å². The van der Waals surface area contributed by atoms with Crippen molar-refractivity contribution < 1.29 is 4.74 Å². The summed E-state index contributed by atoms with van der Waals surface area (Å²) in [6, 6.07) is 0.327. The lowest BCUT2D eigenvalue weighted by atomic mass is 9.88. The first-order chi connectivity index (χ1) is 8.83. The summed E-state index contributed by atoms with van der Waals surface area (Å²) in [6.07, 6.45) is 1.09. The Morgan fingerprint density at radius 1 is 1.37 bits per heavy atom. The van der Waals surface area contributed by atoms with Gasteiger partial charge < -0.3 is 10.1 Å². The second-order valence-electron chi connectivity index (χ2n) is 6.53. The number of thiazole rings is 1. The highest BCUT2D eigenvalue weighted by atomic mass is 32.1. The van der Waals surface area contributed by atoms with Gasteiger partial charge >= 0.3 is 0 Å². The maximum atomic E-state index is 5.12. The number of ether oxygens (including phenoxy) is 1. The van der Waals surface area contributed by atoms with Gasteiger partial charge in [0.25, 0.3) is 0 Å². The van der Waals surface area contributed by atoms with Gasteiger partial charge in [0.2, 0.25) is 0 Å². The molecule has 1 unspecified atom stereocenters. The molecule has 1 rings (SSSR count). The average molecular weight is 284 g/mol. The molecule has 1 aromatic heterocycles. The van der Waals surface area contributed by atoms with E-state index in [9.17, 15) is 0 Å². The Hall–Kier alpha value is -0.450. The molecular formula is C15H28N2OS. The third kappa shape index (κ3) is 6.02. The molecule has 0 aliphatic carbocycles. The SMILES string of the molecule is COCCNC(CC(C)(C)C)c1nc(C(C)C)cs1. The zero-order valence-corrected chi connectivity index (χ0v) is 13.9. The van der Waals surface area contributed by atoms with Crippen LogP contribution in [0.4, 0.5) is 0 Å². The van der Waals surface area contributed by atoms with Crippen LogP contribution < -0.4 is 5.32 Å². The van der Waals surface area contributed by atoms with Gasteiger partial charge in [-0.25, -0.2) is 4.98 Å². The molecule has 0 saturated heterocycles. The number of nitrogens with zero attached hydrogens (tertiary/aromatic N) is 1. The van der Waals surface area contributed by atoms with Crippen LogP contribution >= 0.6 is 11.3 Å². The molecule has 0 aliphatic heterocycles. The molecule has 1 atom stereocenters. The van der Waals surface area contributed by atoms with E-state index in [0.717, 1.165) is 19.6 Å². The number of methoxy groups -OCH3 is 1. The Bertz CT molecular complexity index is 368. The van der Waals surface area contributed by atoms with Crippen LogP contribution in [-0.2, 0) is 4.74 Å². The third-order valence-corrected chi connectivity index (χ3v) is 3.92. The molecule has 4 heteroatoms. The third-order valence-electron chi connectivity index (χ3n) is 2.94. The van der Waals surface area contributed by atoms with Gasteiger partial charge in [0.05, 0.1) is 18.3 Å². The summed E-state index contributed by atoms with van der Waals surface area (Å²) in [5.74, 6) is 0.499. The summed E-state index contributed by atoms with van der Waals surface area (Å²) in [5.41, 5.74) is 1.49. The monoisotopic (exact) mass is 284 g/mol. The minimum absolute atomic E-state index is 0.286. The van der Waals surface area contributed by atoms with Gasteiger partial charge in [-0.1, -0.05) is 34.6 Å². The van der Waals surface area contributed by atoms with Crippen molar-refractivity contribution in [1.82, 2.24) is 10.3 Å². The van der Waals surface area contributed by atoms with E-state index in [1.165, 1.54) is 10.7 Å². The van der Waals surface area contributed by atoms with E-state index in [1.54, 1.807) is 18.4 Å². The van der Waals surface area contributed by atoms with Crippen molar-refractivity contribution in [2.24, 2.45) is 5.41 Å². The van der Waals surface area contributed by atoms with E-state index in [0.29, 0.717) is 12.0 Å². The second kappa shape index (κ2) is 7.36. The number of rotatable bonds is 7. The summed E-state index contributed by atoms with van der Waals surface area (Å²) in [6.45, 7) is 12.8. The number of aromatic nitrogens is 1. The minimum Gasteiger partial charge on any atom is -0.383 e. The van der Waals surface area contributed by atoms with Crippen LogP contribution in [0.25, 0.3) is 0 Å². The van der Waals surface area contributed by atoms with E-state index >= 15 is 0 Å². The molecule has 1 N–H and O–H groups in total. The van der Waals surface area contributed by atoms with Gasteiger partial charge in [-0.05, 0) is 17.8 Å². The molecule has 110 valence electrons. The minimum atomic E-state index is 0.286. The Balaban J connectivity index is 2.75. The predicted molar refractivity (Wildman–Crippen MR) is 82.9 cm³/mol. The highest BCUT2D eigenvalue weighted by molar-refractivity contribution is 7.09. The molecule has 3 nitrogen and oxygen atoms in total. The highest BCUT2D eigenvalue weighted by Gasteiger charge is 2.22. The van der Waals surface area contributed by atoms with Crippen molar-refractivity contribution in [3.63, 3.8) is 0 Å². The van der Waals surface area contributed by atoms with E-state index in [2.05, 4.69) is 45.3 Å². The second-order valence-corrected chi connectivity index (χ2v) is 7.42. The maximum Gasteiger partial charge on any atom is 0.110 e. The van der Waals surface area contributed by atoms with Crippen molar-refractivity contribution in [2.45, 2.75) is 53.0 Å². The Kier molecular flexibility index (Phi) is 6.43. The summed E-state index contributed by atoms with van der Waals surface area (Å²) >= 11 is 1.77. The fourth-order valence-electron chi connectivity index (χ4n) is 1.92.